The van der Waals surface area contributed by atoms with Crippen LogP contribution in [0.4, 0.5) is 0 Å². The number of allylic oxidation sites excluding steroid dienone is 8. The van der Waals surface area contributed by atoms with Crippen molar-refractivity contribution in [3.05, 3.63) is 47.6 Å². The van der Waals surface area contributed by atoms with Gasteiger partial charge in [-0.2, -0.15) is 0 Å². The minimum absolute atomic E-state index is 0.561. The molecule has 0 aromatic heterocycles. The van der Waals surface area contributed by atoms with Crippen LogP contribution in [0.3, 0.4) is 0 Å². The largest absolute Gasteiger partial charge is 0.0773 e. The molecule has 1 aliphatic rings. The SMILES string of the molecule is CC/C(C)=C\C=C1\C=CC=CC1C. The second-order valence-corrected chi connectivity index (χ2v) is 3.57. The lowest BCUT2D eigenvalue weighted by atomic mass is 9.96. The second kappa shape index (κ2) is 4.86. The third kappa shape index (κ3) is 3.06. The van der Waals surface area contributed by atoms with Gasteiger partial charge in [-0.1, -0.05) is 55.9 Å². The van der Waals surface area contributed by atoms with Crippen molar-refractivity contribution in [1.82, 2.24) is 0 Å². The van der Waals surface area contributed by atoms with Crippen molar-refractivity contribution in [1.29, 1.82) is 0 Å². The first kappa shape index (κ1) is 10.0. The zero-order chi connectivity index (χ0) is 9.68. The van der Waals surface area contributed by atoms with E-state index in [4.69, 9.17) is 0 Å². The summed E-state index contributed by atoms with van der Waals surface area (Å²) >= 11 is 0. The second-order valence-electron chi connectivity index (χ2n) is 3.57. The zero-order valence-corrected chi connectivity index (χ0v) is 8.75. The van der Waals surface area contributed by atoms with E-state index in [1.54, 1.807) is 0 Å². The summed E-state index contributed by atoms with van der Waals surface area (Å²) in [6.45, 7) is 6.58. The average molecular weight is 174 g/mol. The Bertz CT molecular complexity index is 274. The minimum Gasteiger partial charge on any atom is -0.0773 e. The van der Waals surface area contributed by atoms with E-state index in [1.165, 1.54) is 11.1 Å². The third-order valence-corrected chi connectivity index (χ3v) is 2.44. The van der Waals surface area contributed by atoms with Gasteiger partial charge in [0.25, 0.3) is 0 Å². The first-order valence-electron chi connectivity index (χ1n) is 4.96. The van der Waals surface area contributed by atoms with E-state index in [9.17, 15) is 0 Å². The molecule has 0 heteroatoms. The molecular weight excluding hydrogens is 156 g/mol. The lowest BCUT2D eigenvalue weighted by Crippen LogP contribution is -1.95. The van der Waals surface area contributed by atoms with E-state index in [2.05, 4.69) is 57.2 Å². The van der Waals surface area contributed by atoms with Gasteiger partial charge in [0.15, 0.2) is 0 Å². The molecule has 1 atom stereocenters. The molecule has 0 N–H and O–H groups in total. The predicted octanol–water partition coefficient (Wildman–Crippen LogP) is 4.03. The zero-order valence-electron chi connectivity index (χ0n) is 8.75. The van der Waals surface area contributed by atoms with Crippen LogP contribution in [-0.2, 0) is 0 Å². The summed E-state index contributed by atoms with van der Waals surface area (Å²) in [5, 5.41) is 0. The highest BCUT2D eigenvalue weighted by Crippen LogP contribution is 2.18. The Balaban J connectivity index is 2.71. The highest BCUT2D eigenvalue weighted by Gasteiger charge is 2.02. The molecule has 0 saturated heterocycles. The van der Waals surface area contributed by atoms with Gasteiger partial charge in [-0.25, -0.2) is 0 Å². The van der Waals surface area contributed by atoms with Crippen molar-refractivity contribution in [2.75, 3.05) is 0 Å². The van der Waals surface area contributed by atoms with E-state index in [1.807, 2.05) is 0 Å². The molecule has 0 bridgehead atoms. The topological polar surface area (TPSA) is 0 Å². The summed E-state index contributed by atoms with van der Waals surface area (Å²) in [6.07, 6.45) is 14.2. The van der Waals surface area contributed by atoms with Gasteiger partial charge >= 0.3 is 0 Å². The predicted molar refractivity (Wildman–Crippen MR) is 59.6 cm³/mol. The lowest BCUT2D eigenvalue weighted by Gasteiger charge is -2.10. The third-order valence-electron chi connectivity index (χ3n) is 2.44. The smallest absolute Gasteiger partial charge is 0.000732 e. The Kier molecular flexibility index (Phi) is 3.75. The van der Waals surface area contributed by atoms with Gasteiger partial charge in [0.2, 0.25) is 0 Å². The molecular formula is C13H18. The Morgan fingerprint density at radius 3 is 2.85 bits per heavy atom. The summed E-state index contributed by atoms with van der Waals surface area (Å²) in [6, 6.07) is 0. The molecule has 0 spiro atoms. The maximum absolute atomic E-state index is 2.23. The van der Waals surface area contributed by atoms with Crippen LogP contribution in [0, 0.1) is 5.92 Å². The van der Waals surface area contributed by atoms with Gasteiger partial charge in [-0.3, -0.25) is 0 Å². The van der Waals surface area contributed by atoms with E-state index < -0.39 is 0 Å². The van der Waals surface area contributed by atoms with Crippen LogP contribution in [0.5, 0.6) is 0 Å². The number of hydrogen-bond donors (Lipinski definition) is 0. The van der Waals surface area contributed by atoms with Gasteiger partial charge in [0.1, 0.15) is 0 Å². The molecule has 0 nitrogen and oxygen atoms in total. The van der Waals surface area contributed by atoms with Crippen LogP contribution < -0.4 is 0 Å². The lowest BCUT2D eigenvalue weighted by molar-refractivity contribution is 0.883. The van der Waals surface area contributed by atoms with Crippen LogP contribution in [0.25, 0.3) is 0 Å². The van der Waals surface area contributed by atoms with Crippen LogP contribution in [0.15, 0.2) is 47.6 Å². The van der Waals surface area contributed by atoms with E-state index in [-0.39, 0.29) is 0 Å². The molecule has 0 fully saturated rings. The number of rotatable bonds is 2. The molecule has 0 amide bonds. The fourth-order valence-corrected chi connectivity index (χ4v) is 1.22. The van der Waals surface area contributed by atoms with Crippen molar-refractivity contribution < 1.29 is 0 Å². The molecule has 1 rings (SSSR count). The van der Waals surface area contributed by atoms with Crippen LogP contribution in [-0.4, -0.2) is 0 Å². The highest BCUT2D eigenvalue weighted by molar-refractivity contribution is 5.35. The van der Waals surface area contributed by atoms with Crippen molar-refractivity contribution in [2.45, 2.75) is 27.2 Å². The summed E-state index contributed by atoms with van der Waals surface area (Å²) < 4.78 is 0. The molecule has 13 heavy (non-hydrogen) atoms. The Morgan fingerprint density at radius 2 is 2.23 bits per heavy atom. The first-order chi connectivity index (χ1) is 6.24. The van der Waals surface area contributed by atoms with Crippen LogP contribution in [0.1, 0.15) is 27.2 Å². The van der Waals surface area contributed by atoms with Gasteiger partial charge in [0.05, 0.1) is 0 Å². The summed E-state index contributed by atoms with van der Waals surface area (Å²) in [4.78, 5) is 0. The Hall–Kier alpha value is -1.04. The standard InChI is InChI=1S/C13H18/c1-4-11(2)9-10-13-8-6-5-7-12(13)3/h5-10,12H,4H2,1-3H3/b11-9-,13-10-. The fraction of sp³-hybridized carbons (Fsp3) is 0.385. The van der Waals surface area contributed by atoms with Crippen LogP contribution in [0.2, 0.25) is 0 Å². The average Bonchev–Trinajstić information content (AvgIpc) is 2.16. The summed E-state index contributed by atoms with van der Waals surface area (Å²) in [5.41, 5.74) is 2.83. The molecule has 0 aromatic carbocycles. The molecule has 0 radical (unpaired) electrons. The molecule has 0 aliphatic heterocycles. The highest BCUT2D eigenvalue weighted by atomic mass is 14.1. The Labute approximate surface area is 81.4 Å². The van der Waals surface area contributed by atoms with Gasteiger partial charge < -0.3 is 0 Å². The van der Waals surface area contributed by atoms with Crippen molar-refractivity contribution in [3.63, 3.8) is 0 Å². The Morgan fingerprint density at radius 1 is 1.46 bits per heavy atom. The molecule has 0 aromatic rings. The summed E-state index contributed by atoms with van der Waals surface area (Å²) in [7, 11) is 0. The quantitative estimate of drug-likeness (QED) is 0.593. The molecule has 0 saturated carbocycles. The van der Waals surface area contributed by atoms with Crippen molar-refractivity contribution >= 4 is 0 Å². The van der Waals surface area contributed by atoms with Crippen molar-refractivity contribution in [2.24, 2.45) is 5.92 Å². The van der Waals surface area contributed by atoms with Crippen LogP contribution >= 0.6 is 0 Å². The van der Waals surface area contributed by atoms with Crippen molar-refractivity contribution in [3.8, 4) is 0 Å². The first-order valence-corrected chi connectivity index (χ1v) is 4.96. The maximum Gasteiger partial charge on any atom is -0.000732 e. The van der Waals surface area contributed by atoms with Gasteiger partial charge in [-0.15, -0.1) is 0 Å². The molecule has 1 unspecified atom stereocenters. The minimum atomic E-state index is 0.561. The molecule has 70 valence electrons. The number of hydrogen-bond acceptors (Lipinski definition) is 0. The maximum atomic E-state index is 2.23. The van der Waals surface area contributed by atoms with Gasteiger partial charge in [0, 0.05) is 0 Å². The summed E-state index contributed by atoms with van der Waals surface area (Å²) in [5.74, 6) is 0.561. The fourth-order valence-electron chi connectivity index (χ4n) is 1.22. The van der Waals surface area contributed by atoms with Gasteiger partial charge in [-0.05, 0) is 24.8 Å². The van der Waals surface area contributed by atoms with E-state index in [0.29, 0.717) is 5.92 Å². The molecule has 1 aliphatic carbocycles. The normalized spacial score (nSPS) is 25.6. The van der Waals surface area contributed by atoms with E-state index in [0.717, 1.165) is 6.42 Å². The van der Waals surface area contributed by atoms with E-state index >= 15 is 0 Å². The monoisotopic (exact) mass is 174 g/mol. The molecule has 0 heterocycles.